The molecule has 3 aromatic carbocycles. The number of azo groups is 1. The minimum atomic E-state index is 0.474. The summed E-state index contributed by atoms with van der Waals surface area (Å²) < 4.78 is 0. The fraction of sp³-hybridized carbons (Fsp3) is 0. The van der Waals surface area contributed by atoms with Crippen LogP contribution < -0.4 is 22.9 Å². The van der Waals surface area contributed by atoms with Crippen LogP contribution >= 0.6 is 0 Å². The van der Waals surface area contributed by atoms with Gasteiger partial charge < -0.3 is 22.9 Å². The van der Waals surface area contributed by atoms with E-state index in [1.54, 1.807) is 42.6 Å². The molecule has 0 unspecified atom stereocenters. The Morgan fingerprint density at radius 1 is 0.654 bits per heavy atom. The van der Waals surface area contributed by atoms with E-state index in [1.807, 2.05) is 24.3 Å². The first-order valence-corrected chi connectivity index (χ1v) is 7.87. The minimum Gasteiger partial charge on any atom is -0.399 e. The van der Waals surface area contributed by atoms with Crippen molar-refractivity contribution in [3.8, 4) is 0 Å². The molecule has 0 radical (unpaired) electrons. The number of nitrogen functional groups attached to an aromatic ring is 4. The zero-order valence-electron chi connectivity index (χ0n) is 14.0. The smallest absolute Gasteiger partial charge is 0.109 e. The largest absolute Gasteiger partial charge is 0.399 e. The molecule has 7 nitrogen and oxygen atoms in total. The minimum absolute atomic E-state index is 0.474. The first-order chi connectivity index (χ1) is 12.5. The van der Waals surface area contributed by atoms with Gasteiger partial charge >= 0.3 is 0 Å². The highest BCUT2D eigenvalue weighted by atomic mass is 15.1. The Bertz CT molecular complexity index is 916. The van der Waals surface area contributed by atoms with E-state index in [-0.39, 0.29) is 0 Å². The molecule has 8 N–H and O–H groups in total. The number of aliphatic imine (C=N–C) groups is 1. The van der Waals surface area contributed by atoms with Crippen LogP contribution in [0.15, 0.2) is 75.9 Å². The van der Waals surface area contributed by atoms with Gasteiger partial charge in [0.05, 0.1) is 17.1 Å². The lowest BCUT2D eigenvalue weighted by molar-refractivity contribution is 1.23. The molecule has 0 aliphatic carbocycles. The molecule has 26 heavy (non-hydrogen) atoms. The molecular formula is C19H19N7. The Labute approximate surface area is 151 Å². The van der Waals surface area contributed by atoms with E-state index in [9.17, 15) is 0 Å². The topological polar surface area (TPSA) is 141 Å². The normalized spacial score (nSPS) is 11.4. The number of anilines is 4. The van der Waals surface area contributed by atoms with Crippen molar-refractivity contribution in [2.45, 2.75) is 0 Å². The van der Waals surface area contributed by atoms with Crippen LogP contribution in [0, 0.1) is 0 Å². The van der Waals surface area contributed by atoms with Crippen molar-refractivity contribution in [3.05, 3.63) is 66.2 Å². The van der Waals surface area contributed by atoms with Gasteiger partial charge in [0.25, 0.3) is 0 Å². The standard InChI is InChI=1S/C19H19N7/c20-13-5-4-12(17(22)8-13)11-24-15-2-1-3-16(10-15)25-26-19-7-6-14(21)9-18(19)23/h1-11H,20-23H2. The molecule has 0 aromatic heterocycles. The molecule has 7 heteroatoms. The number of nitrogens with two attached hydrogens (primary N) is 4. The van der Waals surface area contributed by atoms with Crippen molar-refractivity contribution >= 4 is 46.0 Å². The first-order valence-electron chi connectivity index (χ1n) is 7.87. The molecule has 0 bridgehead atoms. The van der Waals surface area contributed by atoms with Gasteiger partial charge in [-0.1, -0.05) is 6.07 Å². The fourth-order valence-electron chi connectivity index (χ4n) is 2.27. The summed E-state index contributed by atoms with van der Waals surface area (Å²) in [6, 6.07) is 17.7. The Morgan fingerprint density at radius 2 is 1.35 bits per heavy atom. The number of nitrogens with zero attached hydrogens (tertiary/aromatic N) is 3. The van der Waals surface area contributed by atoms with E-state index in [0.717, 1.165) is 11.3 Å². The van der Waals surface area contributed by atoms with Crippen LogP contribution in [-0.4, -0.2) is 6.21 Å². The van der Waals surface area contributed by atoms with Gasteiger partial charge in [-0.3, -0.25) is 4.99 Å². The predicted octanol–water partition coefficient (Wildman–Crippen LogP) is 4.18. The first kappa shape index (κ1) is 17.0. The van der Waals surface area contributed by atoms with E-state index in [1.165, 1.54) is 0 Å². The SMILES string of the molecule is Nc1ccc(C=Nc2cccc(N=Nc3ccc(N)cc3N)c2)c(N)c1. The molecule has 0 aliphatic rings. The Morgan fingerprint density at radius 3 is 2.08 bits per heavy atom. The van der Waals surface area contributed by atoms with Gasteiger partial charge in [0.15, 0.2) is 0 Å². The molecule has 0 amide bonds. The molecular weight excluding hydrogens is 326 g/mol. The molecule has 0 saturated heterocycles. The van der Waals surface area contributed by atoms with Crippen molar-refractivity contribution in [1.29, 1.82) is 0 Å². The van der Waals surface area contributed by atoms with Crippen LogP contribution in [0.5, 0.6) is 0 Å². The summed E-state index contributed by atoms with van der Waals surface area (Å²) >= 11 is 0. The third-order valence-corrected chi connectivity index (χ3v) is 3.62. The second-order valence-electron chi connectivity index (χ2n) is 5.68. The summed E-state index contributed by atoms with van der Waals surface area (Å²) in [5.74, 6) is 0. The van der Waals surface area contributed by atoms with E-state index in [4.69, 9.17) is 22.9 Å². The maximum Gasteiger partial charge on any atom is 0.109 e. The lowest BCUT2D eigenvalue weighted by Crippen LogP contribution is -1.95. The third kappa shape index (κ3) is 4.15. The molecule has 3 aromatic rings. The van der Waals surface area contributed by atoms with E-state index in [0.29, 0.717) is 34.1 Å². The molecule has 0 fully saturated rings. The average molecular weight is 345 g/mol. The quantitative estimate of drug-likeness (QED) is 0.319. The molecule has 0 saturated carbocycles. The Kier molecular flexibility index (Phi) is 4.80. The molecule has 3 rings (SSSR count). The average Bonchev–Trinajstić information content (AvgIpc) is 2.61. The summed E-state index contributed by atoms with van der Waals surface area (Å²) in [6.07, 6.45) is 1.68. The zero-order chi connectivity index (χ0) is 18.5. The van der Waals surface area contributed by atoms with Gasteiger partial charge in [-0.15, -0.1) is 5.11 Å². The summed E-state index contributed by atoms with van der Waals surface area (Å²) in [5.41, 5.74) is 28.1. The Balaban J connectivity index is 1.79. The van der Waals surface area contributed by atoms with Crippen molar-refractivity contribution in [3.63, 3.8) is 0 Å². The monoisotopic (exact) mass is 345 g/mol. The summed E-state index contributed by atoms with van der Waals surface area (Å²) in [5, 5.41) is 8.36. The zero-order valence-corrected chi connectivity index (χ0v) is 14.0. The number of benzene rings is 3. The van der Waals surface area contributed by atoms with Crippen LogP contribution in [-0.2, 0) is 0 Å². The molecule has 0 aliphatic heterocycles. The number of hydrogen-bond donors (Lipinski definition) is 4. The van der Waals surface area contributed by atoms with Gasteiger partial charge in [0, 0.05) is 28.8 Å². The summed E-state index contributed by atoms with van der Waals surface area (Å²) in [6.45, 7) is 0. The second kappa shape index (κ2) is 7.35. The molecule has 130 valence electrons. The van der Waals surface area contributed by atoms with Crippen LogP contribution in [0.25, 0.3) is 0 Å². The van der Waals surface area contributed by atoms with Crippen molar-refractivity contribution in [2.24, 2.45) is 15.2 Å². The van der Waals surface area contributed by atoms with Crippen LogP contribution in [0.4, 0.5) is 39.8 Å². The highest BCUT2D eigenvalue weighted by Crippen LogP contribution is 2.27. The van der Waals surface area contributed by atoms with Crippen LogP contribution in [0.2, 0.25) is 0 Å². The summed E-state index contributed by atoms with van der Waals surface area (Å²) in [7, 11) is 0. The second-order valence-corrected chi connectivity index (χ2v) is 5.68. The highest BCUT2D eigenvalue weighted by molar-refractivity contribution is 5.89. The van der Waals surface area contributed by atoms with Gasteiger partial charge in [-0.2, -0.15) is 5.11 Å². The predicted molar refractivity (Wildman–Crippen MR) is 108 cm³/mol. The van der Waals surface area contributed by atoms with Crippen molar-refractivity contribution in [2.75, 3.05) is 22.9 Å². The number of hydrogen-bond acceptors (Lipinski definition) is 7. The maximum absolute atomic E-state index is 5.93. The molecule has 0 atom stereocenters. The van der Waals surface area contributed by atoms with Crippen LogP contribution in [0.3, 0.4) is 0 Å². The number of rotatable bonds is 4. The van der Waals surface area contributed by atoms with E-state index >= 15 is 0 Å². The lowest BCUT2D eigenvalue weighted by Gasteiger charge is -2.02. The van der Waals surface area contributed by atoms with Crippen LogP contribution in [0.1, 0.15) is 5.56 Å². The van der Waals surface area contributed by atoms with Gasteiger partial charge in [0.2, 0.25) is 0 Å². The van der Waals surface area contributed by atoms with Crippen molar-refractivity contribution in [1.82, 2.24) is 0 Å². The van der Waals surface area contributed by atoms with Gasteiger partial charge in [-0.25, -0.2) is 0 Å². The fourth-order valence-corrected chi connectivity index (χ4v) is 2.27. The third-order valence-electron chi connectivity index (χ3n) is 3.62. The molecule has 0 heterocycles. The van der Waals surface area contributed by atoms with E-state index < -0.39 is 0 Å². The van der Waals surface area contributed by atoms with Gasteiger partial charge in [-0.05, 0) is 54.6 Å². The molecule has 0 spiro atoms. The lowest BCUT2D eigenvalue weighted by atomic mass is 10.2. The van der Waals surface area contributed by atoms with Gasteiger partial charge in [0.1, 0.15) is 5.69 Å². The maximum atomic E-state index is 5.93. The Hall–Kier alpha value is -3.87. The van der Waals surface area contributed by atoms with Crippen molar-refractivity contribution < 1.29 is 0 Å². The van der Waals surface area contributed by atoms with E-state index in [2.05, 4.69) is 15.2 Å². The highest BCUT2D eigenvalue weighted by Gasteiger charge is 1.99. The summed E-state index contributed by atoms with van der Waals surface area (Å²) in [4.78, 5) is 4.42.